The van der Waals surface area contributed by atoms with E-state index in [9.17, 15) is 18.4 Å². The largest absolute Gasteiger partial charge is 0.322 e. The fraction of sp³-hybridized carbons (Fsp3) is 0.286. The van der Waals surface area contributed by atoms with E-state index in [0.29, 0.717) is 23.3 Å². The van der Waals surface area contributed by atoms with E-state index >= 15 is 0 Å². The van der Waals surface area contributed by atoms with Gasteiger partial charge in [0.05, 0.1) is 17.1 Å². The molecule has 8 heteroatoms. The Morgan fingerprint density at radius 1 is 1.07 bits per heavy atom. The number of carbonyl (C=O) groups excluding carboxylic acids is 1. The van der Waals surface area contributed by atoms with E-state index in [0.717, 1.165) is 6.07 Å². The summed E-state index contributed by atoms with van der Waals surface area (Å²) >= 11 is 0. The smallest absolute Gasteiger partial charge is 0.316 e. The van der Waals surface area contributed by atoms with Crippen LogP contribution in [0.1, 0.15) is 32.5 Å². The summed E-state index contributed by atoms with van der Waals surface area (Å²) in [5.74, 6) is -0.768. The molecule has 2 amide bonds. The minimum absolute atomic E-state index is 0.155. The monoisotopic (exact) mass is 400 g/mol. The van der Waals surface area contributed by atoms with Crippen LogP contribution in [-0.2, 0) is 0 Å². The highest BCUT2D eigenvalue weighted by Gasteiger charge is 2.26. The van der Waals surface area contributed by atoms with Gasteiger partial charge in [0.15, 0.2) is 0 Å². The molecular weight excluding hydrogens is 378 g/mol. The molecule has 6 nitrogen and oxygen atoms in total. The molecule has 0 bridgehead atoms. The van der Waals surface area contributed by atoms with Gasteiger partial charge in [-0.15, -0.1) is 0 Å². The number of hydrogen-bond donors (Lipinski definition) is 2. The first-order valence-corrected chi connectivity index (χ1v) is 9.27. The summed E-state index contributed by atoms with van der Waals surface area (Å²) in [6, 6.07) is 8.47. The third-order valence-electron chi connectivity index (χ3n) is 4.56. The number of amides is 2. The van der Waals surface area contributed by atoms with Gasteiger partial charge in [-0.2, -0.15) is 5.10 Å². The number of fused-ring (bicyclic) bond motifs is 1. The van der Waals surface area contributed by atoms with Gasteiger partial charge >= 0.3 is 6.03 Å². The first-order valence-electron chi connectivity index (χ1n) is 9.27. The maximum Gasteiger partial charge on any atom is 0.322 e. The second kappa shape index (κ2) is 8.38. The Labute approximate surface area is 166 Å². The number of urea groups is 1. The number of halogens is 2. The van der Waals surface area contributed by atoms with Crippen molar-refractivity contribution in [3.63, 3.8) is 0 Å². The topological polar surface area (TPSA) is 78.1 Å². The first kappa shape index (κ1) is 20.4. The Bertz CT molecular complexity index is 1080. The molecule has 2 aromatic carbocycles. The van der Waals surface area contributed by atoms with Crippen LogP contribution in [-0.4, -0.2) is 27.7 Å². The number of anilines is 1. The lowest BCUT2D eigenvalue weighted by molar-refractivity contribution is 0.182. The molecule has 3 rings (SSSR count). The maximum atomic E-state index is 13.6. The fourth-order valence-corrected chi connectivity index (χ4v) is 3.16. The molecule has 1 atom stereocenters. The van der Waals surface area contributed by atoms with E-state index in [2.05, 4.69) is 15.5 Å². The highest BCUT2D eigenvalue weighted by Crippen LogP contribution is 2.26. The van der Waals surface area contributed by atoms with Crippen LogP contribution in [0.25, 0.3) is 10.8 Å². The summed E-state index contributed by atoms with van der Waals surface area (Å²) in [7, 11) is 0. The van der Waals surface area contributed by atoms with E-state index in [1.807, 2.05) is 13.8 Å². The lowest BCUT2D eigenvalue weighted by Gasteiger charge is -2.31. The molecule has 0 saturated heterocycles. The molecule has 29 heavy (non-hydrogen) atoms. The first-order chi connectivity index (χ1) is 13.8. The number of aromatic amines is 1. The molecule has 3 aromatic rings. The Kier molecular flexibility index (Phi) is 5.91. The van der Waals surface area contributed by atoms with Crippen LogP contribution in [0.2, 0.25) is 0 Å². The second-order valence-corrected chi connectivity index (χ2v) is 7.29. The average molecular weight is 400 g/mol. The van der Waals surface area contributed by atoms with Gasteiger partial charge in [-0.1, -0.05) is 13.8 Å². The van der Waals surface area contributed by atoms with Crippen molar-refractivity contribution in [2.45, 2.75) is 26.8 Å². The molecule has 1 heterocycles. The van der Waals surface area contributed by atoms with Crippen LogP contribution in [0.15, 0.2) is 47.3 Å². The van der Waals surface area contributed by atoms with Gasteiger partial charge in [0.2, 0.25) is 0 Å². The van der Waals surface area contributed by atoms with Crippen molar-refractivity contribution in [3.8, 4) is 0 Å². The third-order valence-corrected chi connectivity index (χ3v) is 4.56. The van der Waals surface area contributed by atoms with Crippen LogP contribution in [0.5, 0.6) is 0 Å². The number of hydrogen-bond acceptors (Lipinski definition) is 3. The summed E-state index contributed by atoms with van der Waals surface area (Å²) in [4.78, 5) is 26.6. The van der Waals surface area contributed by atoms with Gasteiger partial charge in [0, 0.05) is 17.6 Å². The quantitative estimate of drug-likeness (QED) is 0.664. The van der Waals surface area contributed by atoms with E-state index in [-0.39, 0.29) is 17.3 Å². The summed E-state index contributed by atoms with van der Waals surface area (Å²) in [6.07, 6.45) is 0. The predicted molar refractivity (Wildman–Crippen MR) is 108 cm³/mol. The molecule has 0 fully saturated rings. The number of nitrogens with zero attached hydrogens (tertiary/aromatic N) is 2. The normalized spacial score (nSPS) is 12.2. The number of H-pyrrole nitrogens is 1. The number of carbonyl (C=O) groups is 1. The summed E-state index contributed by atoms with van der Waals surface area (Å²) in [5.41, 5.74) is 0.412. The van der Waals surface area contributed by atoms with E-state index in [4.69, 9.17) is 0 Å². The second-order valence-electron chi connectivity index (χ2n) is 7.29. The number of aromatic nitrogens is 2. The van der Waals surface area contributed by atoms with Gasteiger partial charge < -0.3 is 10.2 Å². The van der Waals surface area contributed by atoms with Crippen LogP contribution in [0.4, 0.5) is 19.3 Å². The Hall–Kier alpha value is -3.29. The van der Waals surface area contributed by atoms with Gasteiger partial charge in [0.1, 0.15) is 11.6 Å². The minimum Gasteiger partial charge on any atom is -0.316 e. The van der Waals surface area contributed by atoms with Gasteiger partial charge in [-0.05, 0) is 55.3 Å². The van der Waals surface area contributed by atoms with E-state index in [1.54, 1.807) is 11.8 Å². The van der Waals surface area contributed by atoms with Crippen molar-refractivity contribution in [3.05, 3.63) is 70.1 Å². The fourth-order valence-electron chi connectivity index (χ4n) is 3.16. The van der Waals surface area contributed by atoms with Crippen LogP contribution < -0.4 is 10.9 Å². The van der Waals surface area contributed by atoms with Crippen molar-refractivity contribution in [2.75, 3.05) is 11.9 Å². The summed E-state index contributed by atoms with van der Waals surface area (Å²) < 4.78 is 26.7. The zero-order chi connectivity index (χ0) is 21.1. The molecule has 1 unspecified atom stereocenters. The van der Waals surface area contributed by atoms with Crippen LogP contribution in [0, 0.1) is 17.6 Å². The van der Waals surface area contributed by atoms with Crippen molar-refractivity contribution in [1.29, 1.82) is 0 Å². The van der Waals surface area contributed by atoms with Crippen molar-refractivity contribution < 1.29 is 13.6 Å². The average Bonchev–Trinajstić information content (AvgIpc) is 2.68. The molecular formula is C21H22F2N4O2. The molecule has 0 aliphatic carbocycles. The Morgan fingerprint density at radius 2 is 1.72 bits per heavy atom. The molecule has 0 spiro atoms. The standard InChI is InChI=1S/C21H22F2N4O2/c1-12(2)11-27(21(29)24-16-7-4-14(22)5-8-16)13(3)19-17-9-6-15(23)10-18(17)20(28)26-25-19/h4-10,12-13H,11H2,1-3H3,(H,24,29)(H,26,28). The van der Waals surface area contributed by atoms with E-state index < -0.39 is 23.2 Å². The molecule has 2 N–H and O–H groups in total. The maximum absolute atomic E-state index is 13.6. The van der Waals surface area contributed by atoms with Gasteiger partial charge in [-0.25, -0.2) is 18.7 Å². The van der Waals surface area contributed by atoms with Crippen molar-refractivity contribution in [2.24, 2.45) is 5.92 Å². The minimum atomic E-state index is -0.527. The van der Waals surface area contributed by atoms with Crippen LogP contribution >= 0.6 is 0 Å². The molecule has 0 aliphatic rings. The molecule has 1 aromatic heterocycles. The predicted octanol–water partition coefficient (Wildman–Crippen LogP) is 4.45. The van der Waals surface area contributed by atoms with Crippen molar-refractivity contribution in [1.82, 2.24) is 15.1 Å². The summed E-state index contributed by atoms with van der Waals surface area (Å²) in [5, 5.41) is 9.92. The molecule has 152 valence electrons. The zero-order valence-electron chi connectivity index (χ0n) is 16.4. The molecule has 0 aliphatic heterocycles. The van der Waals surface area contributed by atoms with E-state index in [1.165, 1.54) is 36.4 Å². The van der Waals surface area contributed by atoms with Gasteiger partial charge in [-0.3, -0.25) is 4.79 Å². The lowest BCUT2D eigenvalue weighted by atomic mass is 10.0. The highest BCUT2D eigenvalue weighted by molar-refractivity contribution is 5.90. The SMILES string of the molecule is CC(C)CN(C(=O)Nc1ccc(F)cc1)C(C)c1n[nH]c(=O)c2cc(F)ccc12. The number of rotatable bonds is 5. The highest BCUT2D eigenvalue weighted by atomic mass is 19.1. The van der Waals surface area contributed by atoms with Crippen LogP contribution in [0.3, 0.4) is 0 Å². The molecule has 0 saturated carbocycles. The number of benzene rings is 2. The summed E-state index contributed by atoms with van der Waals surface area (Å²) in [6.45, 7) is 6.14. The lowest BCUT2D eigenvalue weighted by Crippen LogP contribution is -2.40. The van der Waals surface area contributed by atoms with Crippen molar-refractivity contribution >= 4 is 22.5 Å². The Morgan fingerprint density at radius 3 is 2.38 bits per heavy atom. The third kappa shape index (κ3) is 4.59. The molecule has 0 radical (unpaired) electrons. The zero-order valence-corrected chi connectivity index (χ0v) is 16.4. The van der Waals surface area contributed by atoms with Gasteiger partial charge in [0.25, 0.3) is 5.56 Å². The Balaban J connectivity index is 1.97. The number of nitrogens with one attached hydrogen (secondary N) is 2.